The van der Waals surface area contributed by atoms with Gasteiger partial charge in [-0.3, -0.25) is 14.5 Å². The van der Waals surface area contributed by atoms with Crippen LogP contribution in [0.25, 0.3) is 0 Å². The van der Waals surface area contributed by atoms with Crippen LogP contribution in [0.15, 0.2) is 30.3 Å². The van der Waals surface area contributed by atoms with Gasteiger partial charge >= 0.3 is 18.0 Å². The summed E-state index contributed by atoms with van der Waals surface area (Å²) < 4.78 is 15.4. The van der Waals surface area contributed by atoms with Crippen molar-refractivity contribution in [2.24, 2.45) is 0 Å². The normalized spacial score (nSPS) is 19.3. The topological polar surface area (TPSA) is 106 Å². The molecule has 2 rings (SSSR count). The summed E-state index contributed by atoms with van der Waals surface area (Å²) in [5.41, 5.74) is 0.192. The molecule has 1 aromatic carbocycles. The molecule has 4 atom stereocenters. The summed E-state index contributed by atoms with van der Waals surface area (Å²) in [4.78, 5) is 39.3. The molecule has 0 radical (unpaired) electrons. The van der Waals surface area contributed by atoms with Crippen molar-refractivity contribution in [1.29, 1.82) is 0 Å². The lowest BCUT2D eigenvalue weighted by Crippen LogP contribution is -2.56. The van der Waals surface area contributed by atoms with Crippen LogP contribution in [-0.2, 0) is 23.8 Å². The van der Waals surface area contributed by atoms with Gasteiger partial charge in [-0.05, 0) is 52.6 Å². The zero-order valence-corrected chi connectivity index (χ0v) is 20.4. The Labute approximate surface area is 196 Å². The van der Waals surface area contributed by atoms with E-state index < -0.39 is 35.8 Å². The molecule has 0 unspecified atom stereocenters. The number of alkyl carbamates (subject to hydrolysis) is 1. The molecule has 9 heteroatoms. The molecule has 9 nitrogen and oxygen atoms in total. The average molecular weight is 464 g/mol. The second-order valence-corrected chi connectivity index (χ2v) is 9.17. The first kappa shape index (κ1) is 26.6. The van der Waals surface area contributed by atoms with E-state index in [0.29, 0.717) is 19.5 Å². The van der Waals surface area contributed by atoms with Gasteiger partial charge in [-0.1, -0.05) is 30.3 Å². The summed E-state index contributed by atoms with van der Waals surface area (Å²) in [7, 11) is 2.71. The van der Waals surface area contributed by atoms with E-state index in [4.69, 9.17) is 14.2 Å². The van der Waals surface area contributed by atoms with Crippen LogP contribution >= 0.6 is 0 Å². The smallest absolute Gasteiger partial charge is 0.408 e. The standard InChI is InChI=1S/C24H37N3O6/c1-16(21(28)31-5)25-15-19(27-14-10-13-18(27)22(29)32-6)20(17-11-8-7-9-12-17)26-23(30)33-24(2,3)4/h7-9,11-12,16,18-20,25H,10,13-15H2,1-6H3,(H,26,30)/t16-,18-,19+,20-/m0/s1. The van der Waals surface area contributed by atoms with Crippen molar-refractivity contribution < 1.29 is 28.6 Å². The Bertz CT molecular complexity index is 795. The van der Waals surface area contributed by atoms with Gasteiger partial charge in [-0.25, -0.2) is 4.79 Å². The minimum absolute atomic E-state index is 0.317. The van der Waals surface area contributed by atoms with E-state index in [1.807, 2.05) is 35.2 Å². The van der Waals surface area contributed by atoms with Gasteiger partial charge in [0.1, 0.15) is 17.7 Å². The zero-order chi connectivity index (χ0) is 24.6. The van der Waals surface area contributed by atoms with Crippen LogP contribution in [0, 0.1) is 0 Å². The Kier molecular flexibility index (Phi) is 9.67. The summed E-state index contributed by atoms with van der Waals surface area (Å²) in [5, 5.41) is 6.20. The van der Waals surface area contributed by atoms with Crippen LogP contribution in [0.5, 0.6) is 0 Å². The molecule has 0 bridgehead atoms. The number of amides is 1. The number of carbonyl (C=O) groups is 3. The van der Waals surface area contributed by atoms with Crippen molar-refractivity contribution in [2.45, 2.75) is 70.3 Å². The number of hydrogen-bond donors (Lipinski definition) is 2. The SMILES string of the molecule is COC(=O)[C@H](C)NC[C@H]([C@@H](NC(=O)OC(C)(C)C)c1ccccc1)N1CCC[C@H]1C(=O)OC. The fourth-order valence-electron chi connectivity index (χ4n) is 4.06. The molecular weight excluding hydrogens is 426 g/mol. The Morgan fingerprint density at radius 1 is 1.12 bits per heavy atom. The van der Waals surface area contributed by atoms with Crippen molar-refractivity contribution >= 4 is 18.0 Å². The second kappa shape index (κ2) is 12.0. The number of esters is 2. The van der Waals surface area contributed by atoms with Crippen molar-refractivity contribution in [1.82, 2.24) is 15.5 Å². The van der Waals surface area contributed by atoms with E-state index in [-0.39, 0.29) is 12.0 Å². The largest absolute Gasteiger partial charge is 0.468 e. The summed E-state index contributed by atoms with van der Waals surface area (Å²) in [5.74, 6) is -0.710. The summed E-state index contributed by atoms with van der Waals surface area (Å²) in [6.45, 7) is 8.08. The number of hydrogen-bond acceptors (Lipinski definition) is 8. The molecule has 33 heavy (non-hydrogen) atoms. The molecule has 1 saturated heterocycles. The Morgan fingerprint density at radius 2 is 1.79 bits per heavy atom. The van der Waals surface area contributed by atoms with E-state index in [9.17, 15) is 14.4 Å². The molecule has 1 aliphatic rings. The van der Waals surface area contributed by atoms with Crippen LogP contribution in [0.1, 0.15) is 52.1 Å². The number of rotatable bonds is 9. The molecule has 1 heterocycles. The second-order valence-electron chi connectivity index (χ2n) is 9.17. The molecular formula is C24H37N3O6. The van der Waals surface area contributed by atoms with Crippen LogP contribution in [0.3, 0.4) is 0 Å². The van der Waals surface area contributed by atoms with Gasteiger partial charge in [0, 0.05) is 12.6 Å². The number of methoxy groups -OCH3 is 2. The number of nitrogens with one attached hydrogen (secondary N) is 2. The first-order valence-corrected chi connectivity index (χ1v) is 11.3. The quantitative estimate of drug-likeness (QED) is 0.425. The molecule has 0 spiro atoms. The van der Waals surface area contributed by atoms with E-state index in [2.05, 4.69) is 10.6 Å². The van der Waals surface area contributed by atoms with Crippen molar-refractivity contribution in [3.8, 4) is 0 Å². The van der Waals surface area contributed by atoms with E-state index in [1.165, 1.54) is 14.2 Å². The maximum Gasteiger partial charge on any atom is 0.408 e. The highest BCUT2D eigenvalue weighted by atomic mass is 16.6. The Balaban J connectivity index is 2.41. The lowest BCUT2D eigenvalue weighted by atomic mass is 9.96. The lowest BCUT2D eigenvalue weighted by molar-refractivity contribution is -0.147. The monoisotopic (exact) mass is 463 g/mol. The number of nitrogens with zero attached hydrogens (tertiary/aromatic N) is 1. The van der Waals surface area contributed by atoms with Crippen LogP contribution in [0.2, 0.25) is 0 Å². The predicted octanol–water partition coefficient (Wildman–Crippen LogP) is 2.41. The van der Waals surface area contributed by atoms with E-state index in [0.717, 1.165) is 12.0 Å². The number of ether oxygens (including phenoxy) is 3. The predicted molar refractivity (Wildman–Crippen MR) is 124 cm³/mol. The molecule has 1 aromatic rings. The van der Waals surface area contributed by atoms with Crippen molar-refractivity contribution in [3.63, 3.8) is 0 Å². The maximum absolute atomic E-state index is 12.8. The van der Waals surface area contributed by atoms with Crippen LogP contribution < -0.4 is 10.6 Å². The van der Waals surface area contributed by atoms with Gasteiger partial charge < -0.3 is 24.8 Å². The molecule has 0 saturated carbocycles. The van der Waals surface area contributed by atoms with Gasteiger partial charge in [-0.2, -0.15) is 0 Å². The third-order valence-corrected chi connectivity index (χ3v) is 5.60. The summed E-state index contributed by atoms with van der Waals surface area (Å²) >= 11 is 0. The molecule has 1 fully saturated rings. The summed E-state index contributed by atoms with van der Waals surface area (Å²) in [6.07, 6.45) is 0.914. The molecule has 0 aromatic heterocycles. The average Bonchev–Trinajstić information content (AvgIpc) is 3.26. The van der Waals surface area contributed by atoms with Gasteiger partial charge in [0.15, 0.2) is 0 Å². The highest BCUT2D eigenvalue weighted by molar-refractivity contribution is 5.76. The maximum atomic E-state index is 12.8. The number of benzene rings is 1. The summed E-state index contributed by atoms with van der Waals surface area (Å²) in [6, 6.07) is 7.64. The third kappa shape index (κ3) is 7.71. The van der Waals surface area contributed by atoms with Gasteiger partial charge in [0.05, 0.1) is 20.3 Å². The molecule has 1 amide bonds. The third-order valence-electron chi connectivity index (χ3n) is 5.60. The van der Waals surface area contributed by atoms with Crippen LogP contribution in [-0.4, -0.2) is 74.0 Å². The lowest BCUT2D eigenvalue weighted by Gasteiger charge is -2.38. The Morgan fingerprint density at radius 3 is 2.36 bits per heavy atom. The minimum Gasteiger partial charge on any atom is -0.468 e. The highest BCUT2D eigenvalue weighted by Crippen LogP contribution is 2.29. The van der Waals surface area contributed by atoms with Gasteiger partial charge in [0.25, 0.3) is 0 Å². The fourth-order valence-corrected chi connectivity index (χ4v) is 4.06. The van der Waals surface area contributed by atoms with E-state index >= 15 is 0 Å². The zero-order valence-electron chi connectivity index (χ0n) is 20.4. The molecule has 1 aliphatic heterocycles. The Hall–Kier alpha value is -2.65. The highest BCUT2D eigenvalue weighted by Gasteiger charge is 2.41. The van der Waals surface area contributed by atoms with Crippen LogP contribution in [0.4, 0.5) is 4.79 Å². The van der Waals surface area contributed by atoms with E-state index in [1.54, 1.807) is 27.7 Å². The number of likely N-dealkylation sites (tertiary alicyclic amines) is 1. The fraction of sp³-hybridized carbons (Fsp3) is 0.625. The van der Waals surface area contributed by atoms with Gasteiger partial charge in [-0.15, -0.1) is 0 Å². The van der Waals surface area contributed by atoms with Crippen molar-refractivity contribution in [3.05, 3.63) is 35.9 Å². The molecule has 0 aliphatic carbocycles. The van der Waals surface area contributed by atoms with Gasteiger partial charge in [0.2, 0.25) is 0 Å². The molecule has 2 N–H and O–H groups in total. The minimum atomic E-state index is -0.666. The molecule has 184 valence electrons. The first-order chi connectivity index (χ1) is 15.6. The van der Waals surface area contributed by atoms with Crippen molar-refractivity contribution in [2.75, 3.05) is 27.3 Å². The first-order valence-electron chi connectivity index (χ1n) is 11.3. The number of carbonyl (C=O) groups excluding carboxylic acids is 3.